The molecule has 0 spiro atoms. The molecule has 0 saturated carbocycles. The molecule has 0 heterocycles. The van der Waals surface area contributed by atoms with Gasteiger partial charge >= 0.3 is 29.6 Å². The van der Waals surface area contributed by atoms with Crippen molar-refractivity contribution >= 4 is 21.1 Å². The predicted molar refractivity (Wildman–Crippen MR) is 16.8 cm³/mol. The second-order valence-corrected chi connectivity index (χ2v) is 0.463. The van der Waals surface area contributed by atoms with Gasteiger partial charge in [-0.3, -0.25) is 4.79 Å². The van der Waals surface area contributed by atoms with Crippen LogP contribution in [0.3, 0.4) is 0 Å². The Morgan fingerprint density at radius 1 is 2.00 bits per heavy atom. The van der Waals surface area contributed by atoms with Gasteiger partial charge in [-0.15, -0.1) is 0 Å². The Balaban J connectivity index is -0.0000000200. The minimum absolute atomic E-state index is 0. The molecule has 0 aromatic heterocycles. The summed E-state index contributed by atoms with van der Waals surface area (Å²) in [5.74, 6) is 0. The standard InChI is InChI=1S/CHBrO.Na.H/c2-1-3;;/h1H;;/q;+1;-1. The monoisotopic (exact) mass is 132 g/mol. The third-order valence-electron chi connectivity index (χ3n) is 0. The number of hydrogen-bond donors (Lipinski definition) is 0. The van der Waals surface area contributed by atoms with Crippen molar-refractivity contribution in [2.75, 3.05) is 0 Å². The van der Waals surface area contributed by atoms with Crippen LogP contribution < -0.4 is 29.6 Å². The number of carbonyl (C=O) groups excluding carboxylic acids is 1. The Morgan fingerprint density at radius 3 is 2.00 bits per heavy atom. The van der Waals surface area contributed by atoms with Gasteiger partial charge in [-0.2, -0.15) is 0 Å². The molecule has 0 fully saturated rings. The van der Waals surface area contributed by atoms with E-state index in [0.29, 0.717) is 5.20 Å². The summed E-state index contributed by atoms with van der Waals surface area (Å²) in [5.41, 5.74) is 0. The fraction of sp³-hybridized carbons (Fsp3) is 0. The zero-order valence-electron chi connectivity index (χ0n) is 3.36. The summed E-state index contributed by atoms with van der Waals surface area (Å²) in [4.78, 5) is 8.72. The molecule has 3 heteroatoms. The van der Waals surface area contributed by atoms with Crippen molar-refractivity contribution in [2.24, 2.45) is 0 Å². The second-order valence-electron chi connectivity index (χ2n) is 0.0891. The molecule has 0 radical (unpaired) electrons. The zero-order chi connectivity index (χ0) is 2.71. The van der Waals surface area contributed by atoms with Gasteiger partial charge in [0.2, 0.25) is 0 Å². The summed E-state index contributed by atoms with van der Waals surface area (Å²) >= 11 is 2.47. The summed E-state index contributed by atoms with van der Waals surface area (Å²) in [6, 6.07) is 0. The molecule has 1 nitrogen and oxygen atoms in total. The van der Waals surface area contributed by atoms with Crippen LogP contribution in [0.2, 0.25) is 0 Å². The minimum Gasteiger partial charge on any atom is -1.00 e. The number of carbonyl (C=O) groups is 1. The molecule has 0 saturated heterocycles. The fourth-order valence-electron chi connectivity index (χ4n) is 0. The molecule has 0 bridgehead atoms. The van der Waals surface area contributed by atoms with Gasteiger partial charge in [-0.25, -0.2) is 0 Å². The van der Waals surface area contributed by atoms with Crippen LogP contribution in [0.5, 0.6) is 0 Å². The first-order valence-electron chi connectivity index (χ1n) is 0.454. The number of hydrogen-bond acceptors (Lipinski definition) is 1. The van der Waals surface area contributed by atoms with Gasteiger partial charge in [-0.05, 0) is 15.9 Å². The maximum absolute atomic E-state index is 8.72. The SMILES string of the molecule is O=CBr.[H-].[Na+]. The molecule has 0 aliphatic rings. The average molecular weight is 133 g/mol. The van der Waals surface area contributed by atoms with E-state index in [2.05, 4.69) is 15.9 Å². The molecule has 0 rings (SSSR count). The van der Waals surface area contributed by atoms with Gasteiger partial charge in [0.25, 0.3) is 0 Å². The number of halogens is 1. The van der Waals surface area contributed by atoms with E-state index in [1.807, 2.05) is 0 Å². The largest absolute Gasteiger partial charge is 1.00 e. The molecule has 0 amide bonds. The Morgan fingerprint density at radius 2 is 2.00 bits per heavy atom. The van der Waals surface area contributed by atoms with Crippen molar-refractivity contribution in [3.8, 4) is 0 Å². The van der Waals surface area contributed by atoms with Crippen LogP contribution in [-0.4, -0.2) is 5.20 Å². The molecule has 0 N–H and O–H groups in total. The summed E-state index contributed by atoms with van der Waals surface area (Å²) in [6.07, 6.45) is 0. The summed E-state index contributed by atoms with van der Waals surface area (Å²) < 4.78 is 0. The van der Waals surface area contributed by atoms with E-state index in [1.165, 1.54) is 0 Å². The molecule has 20 valence electrons. The molecule has 0 aliphatic carbocycles. The van der Waals surface area contributed by atoms with E-state index in [1.54, 1.807) is 0 Å². The topological polar surface area (TPSA) is 17.1 Å². The van der Waals surface area contributed by atoms with E-state index in [-0.39, 0.29) is 31.0 Å². The van der Waals surface area contributed by atoms with Gasteiger partial charge in [0.15, 0.2) is 5.20 Å². The quantitative estimate of drug-likeness (QED) is 0.206. The van der Waals surface area contributed by atoms with Crippen LogP contribution in [0.15, 0.2) is 0 Å². The summed E-state index contributed by atoms with van der Waals surface area (Å²) in [6.45, 7) is 0. The molecule has 0 aromatic carbocycles. The average Bonchev–Trinajstić information content (AvgIpc) is 0.918. The van der Waals surface area contributed by atoms with Crippen molar-refractivity contribution in [3.63, 3.8) is 0 Å². The molecule has 0 aromatic rings. The first-order chi connectivity index (χ1) is 1.41. The number of rotatable bonds is 0. The molecule has 4 heavy (non-hydrogen) atoms. The normalized spacial score (nSPS) is 3.25. The van der Waals surface area contributed by atoms with E-state index >= 15 is 0 Å². The van der Waals surface area contributed by atoms with Crippen molar-refractivity contribution in [2.45, 2.75) is 0 Å². The Labute approximate surface area is 56.7 Å². The first-order valence-corrected chi connectivity index (χ1v) is 1.37. The zero-order valence-corrected chi connectivity index (χ0v) is 5.95. The van der Waals surface area contributed by atoms with Gasteiger partial charge in [0, 0.05) is 0 Å². The van der Waals surface area contributed by atoms with Crippen LogP contribution in [0.25, 0.3) is 0 Å². The van der Waals surface area contributed by atoms with Crippen LogP contribution in [0.1, 0.15) is 1.43 Å². The van der Waals surface area contributed by atoms with Crippen molar-refractivity contribution < 1.29 is 35.8 Å². The van der Waals surface area contributed by atoms with Crippen molar-refractivity contribution in [1.29, 1.82) is 0 Å². The molecular formula is CH2BrNaO. The Kier molecular flexibility index (Phi) is 19.9. The minimum atomic E-state index is 0. The Hall–Kier alpha value is 1.15. The van der Waals surface area contributed by atoms with E-state index < -0.39 is 0 Å². The maximum atomic E-state index is 8.72. The smallest absolute Gasteiger partial charge is 1.00 e. The second kappa shape index (κ2) is 8.91. The predicted octanol–water partition coefficient (Wildman–Crippen LogP) is -2.31. The van der Waals surface area contributed by atoms with Crippen LogP contribution >= 0.6 is 15.9 Å². The third-order valence-corrected chi connectivity index (χ3v) is 0. The molecule has 0 aliphatic heterocycles. The summed E-state index contributed by atoms with van der Waals surface area (Å²) in [7, 11) is 0. The van der Waals surface area contributed by atoms with Crippen LogP contribution in [0, 0.1) is 0 Å². The molecule has 0 atom stereocenters. The van der Waals surface area contributed by atoms with E-state index in [0.717, 1.165) is 0 Å². The Bertz CT molecular complexity index is 19.1. The summed E-state index contributed by atoms with van der Waals surface area (Å²) in [5, 5.41) is 0.562. The van der Waals surface area contributed by atoms with Gasteiger partial charge in [0.05, 0.1) is 0 Å². The van der Waals surface area contributed by atoms with Crippen LogP contribution in [0.4, 0.5) is 0 Å². The van der Waals surface area contributed by atoms with Gasteiger partial charge in [0.1, 0.15) is 0 Å². The van der Waals surface area contributed by atoms with E-state index in [9.17, 15) is 0 Å². The van der Waals surface area contributed by atoms with Crippen LogP contribution in [-0.2, 0) is 4.79 Å². The van der Waals surface area contributed by atoms with Crippen molar-refractivity contribution in [3.05, 3.63) is 0 Å². The fourth-order valence-corrected chi connectivity index (χ4v) is 0. The molecule has 0 unspecified atom stereocenters. The van der Waals surface area contributed by atoms with Gasteiger partial charge < -0.3 is 1.43 Å². The maximum Gasteiger partial charge on any atom is 1.00 e. The van der Waals surface area contributed by atoms with Gasteiger partial charge in [-0.1, -0.05) is 0 Å². The first kappa shape index (κ1) is 8.94. The van der Waals surface area contributed by atoms with Crippen molar-refractivity contribution in [1.82, 2.24) is 0 Å². The molecular weight excluding hydrogens is 131 g/mol. The third kappa shape index (κ3) is 11.0. The van der Waals surface area contributed by atoms with E-state index in [4.69, 9.17) is 4.79 Å².